The number of para-hydroxylation sites is 2. The van der Waals surface area contributed by atoms with Crippen molar-refractivity contribution in [3.8, 4) is 5.75 Å². The second-order valence-corrected chi connectivity index (χ2v) is 8.89. The van der Waals surface area contributed by atoms with E-state index in [0.29, 0.717) is 22.5 Å². The molecule has 0 atom stereocenters. The average molecular weight is 455 g/mol. The van der Waals surface area contributed by atoms with E-state index in [2.05, 4.69) is 14.7 Å². The summed E-state index contributed by atoms with van der Waals surface area (Å²) in [6.45, 7) is 0. The quantitative estimate of drug-likeness (QED) is 0.302. The van der Waals surface area contributed by atoms with E-state index in [9.17, 15) is 13.2 Å². The minimum absolute atomic E-state index is 0.0764. The summed E-state index contributed by atoms with van der Waals surface area (Å²) in [5.41, 5.74) is 1.56. The van der Waals surface area contributed by atoms with Crippen molar-refractivity contribution in [3.63, 3.8) is 0 Å². The highest BCUT2D eigenvalue weighted by molar-refractivity contribution is 7.93. The first-order valence-corrected chi connectivity index (χ1v) is 11.5. The first kappa shape index (κ1) is 20.6. The largest absolute Gasteiger partial charge is 0.421 e. The van der Waals surface area contributed by atoms with Gasteiger partial charge in [-0.15, -0.1) is 0 Å². The SMILES string of the molecule is O=C(Oc1cccc2cccnc12)c1ccc(NS(=O)(=O)c2cccc3cccnc23)cc1. The number of benzene rings is 3. The number of sulfonamides is 1. The van der Waals surface area contributed by atoms with Crippen LogP contribution in [-0.4, -0.2) is 24.4 Å². The molecule has 0 saturated heterocycles. The molecule has 0 fully saturated rings. The van der Waals surface area contributed by atoms with Crippen LogP contribution < -0.4 is 9.46 Å². The fraction of sp³-hybridized carbons (Fsp3) is 0. The normalized spacial score (nSPS) is 11.4. The predicted octanol–water partition coefficient (Wildman–Crippen LogP) is 4.80. The van der Waals surface area contributed by atoms with Gasteiger partial charge in [-0.25, -0.2) is 13.2 Å². The highest BCUT2D eigenvalue weighted by Gasteiger charge is 2.19. The Morgan fingerprint density at radius 3 is 2.06 bits per heavy atom. The van der Waals surface area contributed by atoms with Crippen molar-refractivity contribution in [2.24, 2.45) is 0 Å². The monoisotopic (exact) mass is 455 g/mol. The molecule has 0 saturated carbocycles. The van der Waals surface area contributed by atoms with Gasteiger partial charge in [-0.3, -0.25) is 14.7 Å². The molecule has 0 aliphatic carbocycles. The number of pyridine rings is 2. The summed E-state index contributed by atoms with van der Waals surface area (Å²) in [4.78, 5) is 21.2. The van der Waals surface area contributed by atoms with Crippen LogP contribution in [0.15, 0.2) is 102 Å². The van der Waals surface area contributed by atoms with Crippen molar-refractivity contribution in [2.75, 3.05) is 4.72 Å². The molecule has 0 aliphatic rings. The van der Waals surface area contributed by atoms with Gasteiger partial charge in [0.25, 0.3) is 10.0 Å². The molecule has 7 nitrogen and oxygen atoms in total. The number of anilines is 1. The lowest BCUT2D eigenvalue weighted by Gasteiger charge is -2.11. The highest BCUT2D eigenvalue weighted by Crippen LogP contribution is 2.25. The van der Waals surface area contributed by atoms with Gasteiger partial charge in [-0.05, 0) is 48.5 Å². The molecule has 1 N–H and O–H groups in total. The number of carbonyl (C=O) groups is 1. The third-order valence-electron chi connectivity index (χ3n) is 5.06. The van der Waals surface area contributed by atoms with Crippen molar-refractivity contribution >= 4 is 43.5 Å². The Labute approximate surface area is 189 Å². The van der Waals surface area contributed by atoms with E-state index >= 15 is 0 Å². The Kier molecular flexibility index (Phi) is 5.20. The summed E-state index contributed by atoms with van der Waals surface area (Å²) in [6.07, 6.45) is 3.18. The molecule has 0 unspecified atom stereocenters. The van der Waals surface area contributed by atoms with Crippen LogP contribution in [0.4, 0.5) is 5.69 Å². The molecule has 2 aromatic heterocycles. The van der Waals surface area contributed by atoms with Crippen LogP contribution in [0.25, 0.3) is 21.8 Å². The maximum Gasteiger partial charge on any atom is 0.343 e. The van der Waals surface area contributed by atoms with Gasteiger partial charge in [0, 0.05) is 28.9 Å². The van der Waals surface area contributed by atoms with E-state index in [1.807, 2.05) is 18.2 Å². The van der Waals surface area contributed by atoms with Gasteiger partial charge in [0.1, 0.15) is 10.4 Å². The molecule has 2 heterocycles. The van der Waals surface area contributed by atoms with Crippen molar-refractivity contribution < 1.29 is 17.9 Å². The average Bonchev–Trinajstić information content (AvgIpc) is 2.84. The number of hydrogen-bond acceptors (Lipinski definition) is 6. The summed E-state index contributed by atoms with van der Waals surface area (Å²) in [5, 5.41) is 1.58. The molecule has 8 heteroatoms. The molecule has 0 amide bonds. The van der Waals surface area contributed by atoms with E-state index in [4.69, 9.17) is 4.74 Å². The van der Waals surface area contributed by atoms with Gasteiger partial charge in [-0.1, -0.05) is 36.4 Å². The number of rotatable bonds is 5. The van der Waals surface area contributed by atoms with Crippen LogP contribution in [0.5, 0.6) is 5.75 Å². The molecular formula is C25H17N3O4S. The fourth-order valence-electron chi connectivity index (χ4n) is 3.49. The molecule has 0 radical (unpaired) electrons. The van der Waals surface area contributed by atoms with E-state index in [1.165, 1.54) is 30.3 Å². The number of carbonyl (C=O) groups excluding carboxylic acids is 1. The Morgan fingerprint density at radius 1 is 0.727 bits per heavy atom. The summed E-state index contributed by atoms with van der Waals surface area (Å²) in [6, 6.07) is 23.6. The lowest BCUT2D eigenvalue weighted by atomic mass is 10.2. The zero-order valence-corrected chi connectivity index (χ0v) is 18.0. The first-order valence-electron chi connectivity index (χ1n) is 10.0. The predicted molar refractivity (Wildman–Crippen MR) is 126 cm³/mol. The summed E-state index contributed by atoms with van der Waals surface area (Å²) < 4.78 is 34.0. The van der Waals surface area contributed by atoms with E-state index in [1.54, 1.807) is 48.8 Å². The van der Waals surface area contributed by atoms with E-state index in [0.717, 1.165) is 10.8 Å². The molecule has 5 rings (SSSR count). The smallest absolute Gasteiger partial charge is 0.343 e. The van der Waals surface area contributed by atoms with Crippen LogP contribution >= 0.6 is 0 Å². The van der Waals surface area contributed by atoms with Crippen LogP contribution in [0.3, 0.4) is 0 Å². The van der Waals surface area contributed by atoms with Crippen molar-refractivity contribution in [1.29, 1.82) is 0 Å². The van der Waals surface area contributed by atoms with Gasteiger partial charge < -0.3 is 4.74 Å². The number of ether oxygens (including phenoxy) is 1. The van der Waals surface area contributed by atoms with Gasteiger partial charge in [-0.2, -0.15) is 0 Å². The summed E-state index contributed by atoms with van der Waals surface area (Å²) in [5.74, 6) is -0.216. The Balaban J connectivity index is 1.36. The molecule has 0 spiro atoms. The van der Waals surface area contributed by atoms with E-state index in [-0.39, 0.29) is 10.5 Å². The zero-order valence-electron chi connectivity index (χ0n) is 17.2. The highest BCUT2D eigenvalue weighted by atomic mass is 32.2. The molecule has 5 aromatic rings. The summed E-state index contributed by atoms with van der Waals surface area (Å²) >= 11 is 0. The van der Waals surface area contributed by atoms with Crippen LogP contribution in [0, 0.1) is 0 Å². The van der Waals surface area contributed by atoms with Gasteiger partial charge in [0.2, 0.25) is 0 Å². The minimum atomic E-state index is -3.88. The van der Waals surface area contributed by atoms with Crippen LogP contribution in [-0.2, 0) is 10.0 Å². The number of hydrogen-bond donors (Lipinski definition) is 1. The van der Waals surface area contributed by atoms with Gasteiger partial charge in [0.05, 0.1) is 11.1 Å². The maximum atomic E-state index is 13.0. The molecule has 0 bridgehead atoms. The van der Waals surface area contributed by atoms with E-state index < -0.39 is 16.0 Å². The summed E-state index contributed by atoms with van der Waals surface area (Å²) in [7, 11) is -3.88. The van der Waals surface area contributed by atoms with Gasteiger partial charge in [0.15, 0.2) is 5.75 Å². The molecule has 3 aromatic carbocycles. The minimum Gasteiger partial charge on any atom is -0.421 e. The number of nitrogens with zero attached hydrogens (tertiary/aromatic N) is 2. The topological polar surface area (TPSA) is 98.2 Å². The second kappa shape index (κ2) is 8.33. The fourth-order valence-corrected chi connectivity index (χ4v) is 4.73. The second-order valence-electron chi connectivity index (χ2n) is 7.23. The Morgan fingerprint density at radius 2 is 1.33 bits per heavy atom. The third-order valence-corrected chi connectivity index (χ3v) is 6.47. The Hall–Kier alpha value is -4.30. The lowest BCUT2D eigenvalue weighted by Crippen LogP contribution is -2.14. The van der Waals surface area contributed by atoms with Crippen molar-refractivity contribution in [2.45, 2.75) is 4.90 Å². The lowest BCUT2D eigenvalue weighted by molar-refractivity contribution is 0.0737. The number of aromatic nitrogens is 2. The maximum absolute atomic E-state index is 13.0. The standard InChI is InChI=1S/C25H17N3O4S/c29-25(32-21-9-1-5-17-7-3-15-26-23(17)21)19-11-13-20(14-12-19)28-33(30,31)22-10-2-6-18-8-4-16-27-24(18)22/h1-16,28H. The number of esters is 1. The van der Waals surface area contributed by atoms with Crippen molar-refractivity contribution in [1.82, 2.24) is 9.97 Å². The molecular weight excluding hydrogens is 438 g/mol. The first-order chi connectivity index (χ1) is 16.0. The molecule has 0 aliphatic heterocycles. The van der Waals surface area contributed by atoms with Gasteiger partial charge >= 0.3 is 5.97 Å². The number of nitrogens with one attached hydrogen (secondary N) is 1. The molecule has 162 valence electrons. The van der Waals surface area contributed by atoms with Crippen LogP contribution in [0.1, 0.15) is 10.4 Å². The zero-order chi connectivity index (χ0) is 22.8. The van der Waals surface area contributed by atoms with Crippen LogP contribution in [0.2, 0.25) is 0 Å². The number of fused-ring (bicyclic) bond motifs is 2. The third kappa shape index (κ3) is 4.11. The Bertz CT molecular complexity index is 1590. The molecule has 33 heavy (non-hydrogen) atoms. The van der Waals surface area contributed by atoms with Crippen molar-refractivity contribution in [3.05, 3.63) is 103 Å².